The third-order valence-electron chi connectivity index (χ3n) is 7.37. The molecule has 0 bridgehead atoms. The summed E-state index contributed by atoms with van der Waals surface area (Å²) in [7, 11) is 0. The lowest BCUT2D eigenvalue weighted by atomic mass is 9.83. The first-order valence-corrected chi connectivity index (χ1v) is 13.2. The third kappa shape index (κ3) is 9.12. The number of ether oxygens (including phenoxy) is 2. The second-order valence-corrected chi connectivity index (χ2v) is 10.2. The number of carboxylic acids is 1. The number of aliphatic hydroxyl groups is 1. The summed E-state index contributed by atoms with van der Waals surface area (Å²) in [6.45, 7) is 3.83. The number of allylic oxidation sites excluding steroid dienone is 3. The molecule has 0 amide bonds. The van der Waals surface area contributed by atoms with Crippen LogP contribution in [0.2, 0.25) is 0 Å². The molecule has 0 aromatic rings. The second kappa shape index (κ2) is 14.3. The van der Waals surface area contributed by atoms with Gasteiger partial charge in [0, 0.05) is 12.3 Å². The Hall–Kier alpha value is -1.54. The van der Waals surface area contributed by atoms with E-state index in [1.807, 2.05) is 19.1 Å². The van der Waals surface area contributed by atoms with Gasteiger partial charge in [0.25, 0.3) is 0 Å². The van der Waals surface area contributed by atoms with Crippen LogP contribution >= 0.6 is 0 Å². The van der Waals surface area contributed by atoms with Crippen molar-refractivity contribution in [2.24, 2.45) is 17.8 Å². The zero-order valence-electron chi connectivity index (χ0n) is 21.2. The molecule has 2 N–H and O–H groups in total. The van der Waals surface area contributed by atoms with Crippen molar-refractivity contribution >= 4 is 5.97 Å². The number of carboxylic acid groups (broad SMARTS) is 1. The standard InChI is InChI=1S/C27H43F3O5/c1-3-4-15-22(27(28,29)30)17-18-23(35-24-16-9-10-19-34-24)26(33,25(31)32)20(2)11-5-6-12-21-13-7-8-14-21/h5-6,18,20-22,24,33H,3-4,7-17,19H2,1-2H3,(H,31,32)/b6-5-,23-18+/t20-,22?,24?,26-/m1/s1. The van der Waals surface area contributed by atoms with Gasteiger partial charge in [-0.25, -0.2) is 4.79 Å². The molecule has 2 fully saturated rings. The summed E-state index contributed by atoms with van der Waals surface area (Å²) < 4.78 is 52.2. The molecule has 1 saturated carbocycles. The molecule has 4 atom stereocenters. The quantitative estimate of drug-likeness (QED) is 0.194. The van der Waals surface area contributed by atoms with Crippen molar-refractivity contribution in [3.63, 3.8) is 0 Å². The molecule has 1 saturated heterocycles. The lowest BCUT2D eigenvalue weighted by Crippen LogP contribution is -2.48. The molecule has 8 heteroatoms. The van der Waals surface area contributed by atoms with Crippen molar-refractivity contribution in [2.45, 2.75) is 115 Å². The Morgan fingerprint density at radius 2 is 1.80 bits per heavy atom. The maximum absolute atomic E-state index is 13.6. The average molecular weight is 505 g/mol. The highest BCUT2D eigenvalue weighted by molar-refractivity contribution is 5.81. The summed E-state index contributed by atoms with van der Waals surface area (Å²) in [5.41, 5.74) is -2.46. The van der Waals surface area contributed by atoms with E-state index in [0.29, 0.717) is 31.8 Å². The van der Waals surface area contributed by atoms with Crippen molar-refractivity contribution in [3.8, 4) is 0 Å². The van der Waals surface area contributed by atoms with E-state index >= 15 is 0 Å². The van der Waals surface area contributed by atoms with Gasteiger partial charge in [0.1, 0.15) is 5.76 Å². The largest absolute Gasteiger partial charge is 0.479 e. The SMILES string of the molecule is CCCCC(C/C=C(/OC1CCCCO1)[C@@](O)(C(=O)O)[C@H](C)C/C=C\CC1CCCC1)C(F)(F)F. The first-order valence-electron chi connectivity index (χ1n) is 13.2. The first-order chi connectivity index (χ1) is 16.6. The molecule has 0 radical (unpaired) electrons. The van der Waals surface area contributed by atoms with Crippen LogP contribution in [0.1, 0.15) is 97.3 Å². The number of rotatable bonds is 14. The number of hydrogen-bond acceptors (Lipinski definition) is 4. The maximum Gasteiger partial charge on any atom is 0.392 e. The van der Waals surface area contributed by atoms with Crippen LogP contribution < -0.4 is 0 Å². The highest BCUT2D eigenvalue weighted by Gasteiger charge is 2.48. The van der Waals surface area contributed by atoms with Crippen LogP contribution in [0.5, 0.6) is 0 Å². The number of carbonyl (C=O) groups is 1. The van der Waals surface area contributed by atoms with Crippen molar-refractivity contribution in [2.75, 3.05) is 6.61 Å². The molecular formula is C27H43F3O5. The van der Waals surface area contributed by atoms with E-state index < -0.39 is 42.3 Å². The van der Waals surface area contributed by atoms with Gasteiger partial charge in [0.05, 0.1) is 12.5 Å². The van der Waals surface area contributed by atoms with Crippen molar-refractivity contribution in [1.29, 1.82) is 0 Å². The Bertz CT molecular complexity index is 693. The first kappa shape index (κ1) is 29.7. The molecule has 35 heavy (non-hydrogen) atoms. The van der Waals surface area contributed by atoms with Gasteiger partial charge in [0.15, 0.2) is 6.29 Å². The Morgan fingerprint density at radius 1 is 1.11 bits per heavy atom. The minimum Gasteiger partial charge on any atom is -0.479 e. The number of unbranched alkanes of at least 4 members (excludes halogenated alkanes) is 1. The summed E-state index contributed by atoms with van der Waals surface area (Å²) >= 11 is 0. The van der Waals surface area contributed by atoms with Crippen LogP contribution in [-0.2, 0) is 14.3 Å². The molecule has 202 valence electrons. The van der Waals surface area contributed by atoms with E-state index in [1.54, 1.807) is 6.92 Å². The van der Waals surface area contributed by atoms with Crippen LogP contribution in [0.3, 0.4) is 0 Å². The zero-order chi connectivity index (χ0) is 25.9. The van der Waals surface area contributed by atoms with Gasteiger partial charge >= 0.3 is 12.1 Å². The summed E-state index contributed by atoms with van der Waals surface area (Å²) in [5, 5.41) is 21.4. The molecule has 1 aliphatic carbocycles. The predicted octanol–water partition coefficient (Wildman–Crippen LogP) is 7.15. The highest BCUT2D eigenvalue weighted by Crippen LogP contribution is 2.37. The van der Waals surface area contributed by atoms with E-state index in [4.69, 9.17) is 9.47 Å². The lowest BCUT2D eigenvalue weighted by molar-refractivity contribution is -0.185. The molecule has 1 aliphatic heterocycles. The predicted molar refractivity (Wildman–Crippen MR) is 129 cm³/mol. The van der Waals surface area contributed by atoms with Crippen LogP contribution in [-0.4, -0.2) is 40.9 Å². The minimum absolute atomic E-state index is 0.0608. The smallest absolute Gasteiger partial charge is 0.392 e. The molecule has 2 rings (SSSR count). The summed E-state index contributed by atoms with van der Waals surface area (Å²) in [5.74, 6) is -3.68. The normalized spacial score (nSPS) is 23.8. The van der Waals surface area contributed by atoms with Crippen molar-refractivity contribution in [1.82, 2.24) is 0 Å². The van der Waals surface area contributed by atoms with Crippen LogP contribution in [0.15, 0.2) is 24.0 Å². The fourth-order valence-corrected chi connectivity index (χ4v) is 4.92. The molecular weight excluding hydrogens is 461 g/mol. The molecule has 0 aromatic carbocycles. The van der Waals surface area contributed by atoms with Gasteiger partial charge in [-0.3, -0.25) is 0 Å². The van der Waals surface area contributed by atoms with Gasteiger partial charge in [-0.15, -0.1) is 0 Å². The minimum atomic E-state index is -4.42. The summed E-state index contributed by atoms with van der Waals surface area (Å²) in [6.07, 6.45) is 8.49. The Kier molecular flexibility index (Phi) is 12.1. The van der Waals surface area contributed by atoms with E-state index in [2.05, 4.69) is 0 Å². The fraction of sp³-hybridized carbons (Fsp3) is 0.815. The van der Waals surface area contributed by atoms with E-state index in [-0.39, 0.29) is 18.6 Å². The Morgan fingerprint density at radius 3 is 2.37 bits per heavy atom. The van der Waals surface area contributed by atoms with E-state index in [9.17, 15) is 28.2 Å². The zero-order valence-corrected chi connectivity index (χ0v) is 21.2. The molecule has 5 nitrogen and oxygen atoms in total. The molecule has 1 heterocycles. The second-order valence-electron chi connectivity index (χ2n) is 10.2. The molecule has 2 aliphatic rings. The maximum atomic E-state index is 13.6. The van der Waals surface area contributed by atoms with Crippen LogP contribution in [0, 0.1) is 17.8 Å². The number of halogens is 3. The van der Waals surface area contributed by atoms with Crippen molar-refractivity contribution < 1.29 is 37.7 Å². The summed E-state index contributed by atoms with van der Waals surface area (Å²) in [6, 6.07) is 0. The van der Waals surface area contributed by atoms with Crippen LogP contribution in [0.25, 0.3) is 0 Å². The molecule has 0 aromatic heterocycles. The Balaban J connectivity index is 2.24. The number of aliphatic carboxylic acids is 1. The van der Waals surface area contributed by atoms with Gasteiger partial charge in [-0.2, -0.15) is 13.2 Å². The van der Waals surface area contributed by atoms with Gasteiger partial charge in [-0.1, -0.05) is 64.5 Å². The lowest BCUT2D eigenvalue weighted by Gasteiger charge is -2.35. The van der Waals surface area contributed by atoms with Gasteiger partial charge in [0.2, 0.25) is 5.60 Å². The highest BCUT2D eigenvalue weighted by atomic mass is 19.4. The van der Waals surface area contributed by atoms with Crippen molar-refractivity contribution in [3.05, 3.63) is 24.0 Å². The summed E-state index contributed by atoms with van der Waals surface area (Å²) in [4.78, 5) is 12.3. The molecule has 0 spiro atoms. The fourth-order valence-electron chi connectivity index (χ4n) is 4.92. The number of hydrogen-bond donors (Lipinski definition) is 2. The number of alkyl halides is 3. The van der Waals surface area contributed by atoms with Gasteiger partial charge < -0.3 is 19.7 Å². The average Bonchev–Trinajstić information content (AvgIpc) is 3.33. The topological polar surface area (TPSA) is 76.0 Å². The molecule has 2 unspecified atom stereocenters. The van der Waals surface area contributed by atoms with E-state index in [1.165, 1.54) is 25.7 Å². The van der Waals surface area contributed by atoms with Crippen LogP contribution in [0.4, 0.5) is 13.2 Å². The van der Waals surface area contributed by atoms with Gasteiger partial charge in [-0.05, 0) is 50.5 Å². The Labute approximate surface area is 207 Å². The third-order valence-corrected chi connectivity index (χ3v) is 7.37. The monoisotopic (exact) mass is 504 g/mol. The van der Waals surface area contributed by atoms with E-state index in [0.717, 1.165) is 25.3 Å².